The fraction of sp³-hybridized carbons (Fsp3) is 0.357. The Kier molecular flexibility index (Phi) is 7.02. The third kappa shape index (κ3) is 6.99. The van der Waals surface area contributed by atoms with Gasteiger partial charge in [0.15, 0.2) is 6.61 Å². The number of anilines is 1. The van der Waals surface area contributed by atoms with E-state index in [1.54, 1.807) is 6.92 Å². The average molecular weight is 347 g/mol. The number of ether oxygens (including phenoxy) is 1. The van der Waals surface area contributed by atoms with E-state index in [0.717, 1.165) is 12.1 Å². The van der Waals surface area contributed by atoms with Crippen molar-refractivity contribution in [3.8, 4) is 0 Å². The fourth-order valence-electron chi connectivity index (χ4n) is 1.54. The van der Waals surface area contributed by atoms with Crippen molar-refractivity contribution in [2.75, 3.05) is 25.0 Å². The van der Waals surface area contributed by atoms with E-state index in [1.807, 2.05) is 5.32 Å². The summed E-state index contributed by atoms with van der Waals surface area (Å²) in [7, 11) is 0. The van der Waals surface area contributed by atoms with Crippen LogP contribution in [0.25, 0.3) is 0 Å². The molecule has 0 aromatic heterocycles. The zero-order valence-electron chi connectivity index (χ0n) is 12.7. The fourth-order valence-corrected chi connectivity index (χ4v) is 1.54. The van der Waals surface area contributed by atoms with E-state index in [0.29, 0.717) is 6.54 Å². The number of benzene rings is 1. The van der Waals surface area contributed by atoms with Crippen molar-refractivity contribution < 1.29 is 32.3 Å². The van der Waals surface area contributed by atoms with Gasteiger partial charge in [-0.25, -0.2) is 4.79 Å². The van der Waals surface area contributed by atoms with Crippen LogP contribution in [0.3, 0.4) is 0 Å². The lowest BCUT2D eigenvalue weighted by atomic mass is 10.2. The van der Waals surface area contributed by atoms with Gasteiger partial charge in [0.05, 0.1) is 5.56 Å². The molecule has 3 amide bonds. The molecule has 24 heavy (non-hydrogen) atoms. The summed E-state index contributed by atoms with van der Waals surface area (Å²) >= 11 is 0. The van der Waals surface area contributed by atoms with Crippen LogP contribution >= 0.6 is 0 Å². The maximum atomic E-state index is 12.5. The van der Waals surface area contributed by atoms with Crippen molar-refractivity contribution >= 4 is 23.6 Å². The highest BCUT2D eigenvalue weighted by atomic mass is 19.4. The van der Waals surface area contributed by atoms with Crippen molar-refractivity contribution in [1.82, 2.24) is 10.6 Å². The quantitative estimate of drug-likeness (QED) is 0.678. The van der Waals surface area contributed by atoms with Gasteiger partial charge in [0.2, 0.25) is 0 Å². The largest absolute Gasteiger partial charge is 0.454 e. The van der Waals surface area contributed by atoms with Gasteiger partial charge in [-0.05, 0) is 25.1 Å². The van der Waals surface area contributed by atoms with Crippen LogP contribution in [0.5, 0.6) is 0 Å². The average Bonchev–Trinajstić information content (AvgIpc) is 2.50. The third-order valence-electron chi connectivity index (χ3n) is 2.58. The molecule has 0 bridgehead atoms. The van der Waals surface area contributed by atoms with Crippen LogP contribution in [0.4, 0.5) is 23.7 Å². The molecule has 0 spiro atoms. The summed E-state index contributed by atoms with van der Waals surface area (Å²) in [6.45, 7) is 0.860. The lowest BCUT2D eigenvalue weighted by molar-refractivity contribution is -0.146. The SMILES string of the molecule is CCNC(=O)NC(=O)COC(=O)CNc1cccc(C(F)(F)F)c1. The molecule has 1 rings (SSSR count). The molecule has 0 saturated heterocycles. The third-order valence-corrected chi connectivity index (χ3v) is 2.58. The first-order valence-electron chi connectivity index (χ1n) is 6.86. The summed E-state index contributed by atoms with van der Waals surface area (Å²) in [5, 5.41) is 6.69. The minimum absolute atomic E-state index is 0.0774. The number of alkyl halides is 3. The van der Waals surface area contributed by atoms with Gasteiger partial charge in [-0.2, -0.15) is 13.2 Å². The Bertz CT molecular complexity index is 605. The van der Waals surface area contributed by atoms with Gasteiger partial charge >= 0.3 is 18.2 Å². The van der Waals surface area contributed by atoms with E-state index in [4.69, 9.17) is 0 Å². The molecule has 132 valence electrons. The van der Waals surface area contributed by atoms with E-state index < -0.39 is 42.8 Å². The summed E-state index contributed by atoms with van der Waals surface area (Å²) in [6.07, 6.45) is -4.49. The second kappa shape index (κ2) is 8.75. The maximum absolute atomic E-state index is 12.5. The van der Waals surface area contributed by atoms with Crippen molar-refractivity contribution in [3.05, 3.63) is 29.8 Å². The molecule has 0 heterocycles. The summed E-state index contributed by atoms with van der Waals surface area (Å²) in [4.78, 5) is 33.7. The van der Waals surface area contributed by atoms with E-state index in [9.17, 15) is 27.6 Å². The van der Waals surface area contributed by atoms with E-state index in [-0.39, 0.29) is 5.69 Å². The summed E-state index contributed by atoms with van der Waals surface area (Å²) in [6, 6.07) is 3.56. The molecule has 0 fully saturated rings. The number of esters is 1. The highest BCUT2D eigenvalue weighted by Gasteiger charge is 2.30. The first-order chi connectivity index (χ1) is 11.2. The van der Waals surface area contributed by atoms with Gasteiger partial charge in [0.1, 0.15) is 6.54 Å². The van der Waals surface area contributed by atoms with E-state index >= 15 is 0 Å². The predicted octanol–water partition coefficient (Wildman–Crippen LogP) is 1.51. The van der Waals surface area contributed by atoms with Crippen LogP contribution in [0.15, 0.2) is 24.3 Å². The highest BCUT2D eigenvalue weighted by Crippen LogP contribution is 2.30. The lowest BCUT2D eigenvalue weighted by Crippen LogP contribution is -2.41. The van der Waals surface area contributed by atoms with Gasteiger partial charge in [-0.1, -0.05) is 6.07 Å². The number of urea groups is 1. The Morgan fingerprint density at radius 2 is 1.92 bits per heavy atom. The molecule has 0 aliphatic carbocycles. The van der Waals surface area contributed by atoms with Crippen molar-refractivity contribution in [2.24, 2.45) is 0 Å². The Labute approximate surface area is 135 Å². The lowest BCUT2D eigenvalue weighted by Gasteiger charge is -2.10. The zero-order chi connectivity index (χ0) is 18.2. The molecule has 0 unspecified atom stereocenters. The number of rotatable bonds is 6. The van der Waals surface area contributed by atoms with Gasteiger partial charge in [0, 0.05) is 12.2 Å². The number of imide groups is 1. The van der Waals surface area contributed by atoms with Gasteiger partial charge < -0.3 is 15.4 Å². The molecule has 3 N–H and O–H groups in total. The van der Waals surface area contributed by atoms with Gasteiger partial charge in [-0.15, -0.1) is 0 Å². The maximum Gasteiger partial charge on any atom is 0.416 e. The number of amides is 3. The summed E-state index contributed by atoms with van der Waals surface area (Å²) in [5.41, 5.74) is -0.782. The predicted molar refractivity (Wildman–Crippen MR) is 78.1 cm³/mol. The molecule has 0 radical (unpaired) electrons. The normalized spacial score (nSPS) is 10.7. The first-order valence-corrected chi connectivity index (χ1v) is 6.86. The molecule has 7 nitrogen and oxygen atoms in total. The molecule has 0 aliphatic heterocycles. The number of nitrogens with one attached hydrogen (secondary N) is 3. The number of hydrogen-bond acceptors (Lipinski definition) is 5. The van der Waals surface area contributed by atoms with Gasteiger partial charge in [-0.3, -0.25) is 14.9 Å². The van der Waals surface area contributed by atoms with Crippen molar-refractivity contribution in [3.63, 3.8) is 0 Å². The Morgan fingerprint density at radius 3 is 2.54 bits per heavy atom. The molecular formula is C14H16F3N3O4. The Hall–Kier alpha value is -2.78. The zero-order valence-corrected chi connectivity index (χ0v) is 12.7. The monoisotopic (exact) mass is 347 g/mol. The molecule has 0 atom stereocenters. The smallest absolute Gasteiger partial charge is 0.416 e. The van der Waals surface area contributed by atoms with Crippen LogP contribution < -0.4 is 16.0 Å². The second-order valence-corrected chi connectivity index (χ2v) is 4.50. The van der Waals surface area contributed by atoms with Crippen LogP contribution in [-0.2, 0) is 20.5 Å². The van der Waals surface area contributed by atoms with E-state index in [2.05, 4.69) is 15.4 Å². The van der Waals surface area contributed by atoms with Crippen LogP contribution in [0.2, 0.25) is 0 Å². The molecule has 0 saturated carbocycles. The number of carbonyl (C=O) groups excluding carboxylic acids is 3. The molecule has 0 aliphatic rings. The topological polar surface area (TPSA) is 96.5 Å². The highest BCUT2D eigenvalue weighted by molar-refractivity contribution is 5.95. The standard InChI is InChI=1S/C14H16F3N3O4/c1-2-18-13(23)20-11(21)8-24-12(22)7-19-10-5-3-4-9(6-10)14(15,16)17/h3-6,19H,2,7-8H2,1H3,(H2,18,20,21,23). The minimum atomic E-state index is -4.49. The van der Waals surface area contributed by atoms with Gasteiger partial charge in [0.25, 0.3) is 5.91 Å². The van der Waals surface area contributed by atoms with Crippen LogP contribution in [0, 0.1) is 0 Å². The van der Waals surface area contributed by atoms with Crippen molar-refractivity contribution in [1.29, 1.82) is 0 Å². The second-order valence-electron chi connectivity index (χ2n) is 4.50. The van der Waals surface area contributed by atoms with Crippen LogP contribution in [-0.4, -0.2) is 37.6 Å². The summed E-state index contributed by atoms with van der Waals surface area (Å²) in [5.74, 6) is -1.69. The summed E-state index contributed by atoms with van der Waals surface area (Å²) < 4.78 is 42.2. The minimum Gasteiger partial charge on any atom is -0.454 e. The number of carbonyl (C=O) groups is 3. The number of halogens is 3. The van der Waals surface area contributed by atoms with Crippen molar-refractivity contribution in [2.45, 2.75) is 13.1 Å². The Balaban J connectivity index is 2.39. The molecule has 1 aromatic rings. The Morgan fingerprint density at radius 1 is 1.21 bits per heavy atom. The first kappa shape index (κ1) is 19.3. The van der Waals surface area contributed by atoms with Crippen LogP contribution in [0.1, 0.15) is 12.5 Å². The number of hydrogen-bond donors (Lipinski definition) is 3. The molecule has 1 aromatic carbocycles. The molecular weight excluding hydrogens is 331 g/mol. The molecule has 10 heteroatoms. The van der Waals surface area contributed by atoms with E-state index in [1.165, 1.54) is 12.1 Å².